The van der Waals surface area contributed by atoms with Gasteiger partial charge in [0.25, 0.3) is 0 Å². The third-order valence-corrected chi connectivity index (χ3v) is 18.6. The molecule has 0 aliphatic rings. The molecule has 0 saturated heterocycles. The Labute approximate surface area is 224 Å². The lowest BCUT2D eigenvalue weighted by atomic mass is 10.2. The molecule has 36 heavy (non-hydrogen) atoms. The second kappa shape index (κ2) is 14.2. The molecule has 0 bridgehead atoms. The highest BCUT2D eigenvalue weighted by Crippen LogP contribution is 2.74. The van der Waals surface area contributed by atoms with E-state index in [0.717, 1.165) is 30.4 Å². The van der Waals surface area contributed by atoms with Crippen molar-refractivity contribution in [1.82, 2.24) is 4.78 Å². The highest BCUT2D eigenvalue weighted by molar-refractivity contribution is 8.55. The Balaban J connectivity index is 2.07. The van der Waals surface area contributed by atoms with E-state index in [0.29, 0.717) is 11.3 Å². The van der Waals surface area contributed by atoms with Crippen molar-refractivity contribution >= 4 is 54.8 Å². The van der Waals surface area contributed by atoms with E-state index in [4.69, 9.17) is 37.8 Å². The largest absolute Gasteiger partial charge is 0.481 e. The van der Waals surface area contributed by atoms with Crippen molar-refractivity contribution in [2.45, 2.75) is 51.2 Å². The van der Waals surface area contributed by atoms with Crippen molar-refractivity contribution in [1.29, 1.82) is 0 Å². The highest BCUT2D eigenvalue weighted by atomic mass is 32.5. The van der Waals surface area contributed by atoms with Crippen LogP contribution in [-0.2, 0) is 11.8 Å². The highest BCUT2D eigenvalue weighted by Gasteiger charge is 2.36. The van der Waals surface area contributed by atoms with Gasteiger partial charge in [-0.05, 0) is 89.2 Å². The fourth-order valence-corrected chi connectivity index (χ4v) is 11.6. The standard InChI is InChI=1S/C23H37N5O3P4S/c1-6-22(3,33(25)35(26)32-24)30-20-12-8-18(9-13-20)16-27-28(5)34(36)23(4,7-2)31-21-14-10-19(17-29)11-15-21/h8-17,32,34H,6-7,24-26H2,1-5H3/b27-16+. The van der Waals surface area contributed by atoms with Gasteiger partial charge in [-0.1, -0.05) is 25.7 Å². The minimum Gasteiger partial charge on any atom is -0.481 e. The number of carbonyl (C=O) groups is 1. The fraction of sp³-hybridized carbons (Fsp3) is 0.391. The van der Waals surface area contributed by atoms with Gasteiger partial charge in [0.2, 0.25) is 0 Å². The number of rotatable bonds is 14. The molecule has 0 aromatic heterocycles. The molecule has 2 aromatic rings. The molecule has 0 heterocycles. The van der Waals surface area contributed by atoms with Crippen molar-refractivity contribution in [3.8, 4) is 11.5 Å². The van der Waals surface area contributed by atoms with Gasteiger partial charge < -0.3 is 26.0 Å². The maximum atomic E-state index is 10.9. The smallest absolute Gasteiger partial charge is 0.150 e. The lowest BCUT2D eigenvalue weighted by molar-refractivity contribution is 0.112. The molecule has 6 atom stereocenters. The van der Waals surface area contributed by atoms with Crippen LogP contribution in [0.2, 0.25) is 0 Å². The van der Waals surface area contributed by atoms with Gasteiger partial charge in [0.05, 0.1) is 20.8 Å². The van der Waals surface area contributed by atoms with Crippen molar-refractivity contribution in [3.63, 3.8) is 0 Å². The summed E-state index contributed by atoms with van der Waals surface area (Å²) in [6.07, 6.45) is 4.05. The van der Waals surface area contributed by atoms with Crippen LogP contribution >= 0.6 is 30.5 Å². The molecule has 0 fully saturated rings. The Morgan fingerprint density at radius 3 is 2.03 bits per heavy atom. The summed E-state index contributed by atoms with van der Waals surface area (Å²) in [5.41, 5.74) is 19.9. The molecule has 13 heteroatoms. The summed E-state index contributed by atoms with van der Waals surface area (Å²) >= 11 is 5.89. The van der Waals surface area contributed by atoms with E-state index in [9.17, 15) is 4.79 Å². The van der Waals surface area contributed by atoms with Gasteiger partial charge in [-0.2, -0.15) is 5.10 Å². The van der Waals surface area contributed by atoms with E-state index in [2.05, 4.69) is 5.10 Å². The Morgan fingerprint density at radius 2 is 1.56 bits per heavy atom. The molecule has 8 nitrogen and oxygen atoms in total. The number of nitrogens with zero attached hydrogens (tertiary/aromatic N) is 2. The lowest BCUT2D eigenvalue weighted by Gasteiger charge is -2.37. The minimum absolute atomic E-state index is 0.145. The van der Waals surface area contributed by atoms with Gasteiger partial charge in [-0.15, -0.1) is 0 Å². The predicted molar refractivity (Wildman–Crippen MR) is 163 cm³/mol. The van der Waals surface area contributed by atoms with Crippen molar-refractivity contribution in [2.24, 2.45) is 21.6 Å². The Morgan fingerprint density at radius 1 is 1.03 bits per heavy atom. The molecule has 2 aromatic carbocycles. The van der Waals surface area contributed by atoms with Gasteiger partial charge in [-0.3, -0.25) is 9.57 Å². The first-order valence-corrected chi connectivity index (χ1v) is 19.5. The monoisotopic (exact) mass is 587 g/mol. The van der Waals surface area contributed by atoms with E-state index < -0.39 is 32.7 Å². The van der Waals surface area contributed by atoms with E-state index in [1.165, 1.54) is 0 Å². The van der Waals surface area contributed by atoms with Gasteiger partial charge in [-0.25, -0.2) is 0 Å². The Kier molecular flexibility index (Phi) is 12.3. The zero-order chi connectivity index (χ0) is 26.9. The van der Waals surface area contributed by atoms with Crippen LogP contribution in [0.3, 0.4) is 0 Å². The molecule has 6 unspecified atom stereocenters. The summed E-state index contributed by atoms with van der Waals surface area (Å²) in [6, 6.07) is 14.7. The van der Waals surface area contributed by atoms with Crippen LogP contribution in [0, 0.1) is 0 Å². The van der Waals surface area contributed by atoms with E-state index in [-0.39, 0.29) is 8.42 Å². The first-order valence-electron chi connectivity index (χ1n) is 11.4. The predicted octanol–water partition coefficient (Wildman–Crippen LogP) is 6.16. The SMILES string of the molecule is CCC(C)(Oc1ccc(/C=N/N(C)[PH](=S)C(C)(CC)Oc2ccc(C=O)cc2)cc1)P(N)P(N)PN. The molecule has 0 radical (unpaired) electrons. The first-order chi connectivity index (χ1) is 17.0. The number of carbonyl (C=O) groups excluding carboxylic acids is 1. The van der Waals surface area contributed by atoms with Gasteiger partial charge in [0, 0.05) is 20.1 Å². The normalized spacial score (nSPS) is 17.8. The quantitative estimate of drug-likeness (QED) is 0.104. The number of benzene rings is 2. The topological polar surface area (TPSA) is 129 Å². The summed E-state index contributed by atoms with van der Waals surface area (Å²) < 4.78 is 14.4. The Bertz CT molecular complexity index is 1050. The van der Waals surface area contributed by atoms with E-state index in [1.807, 2.05) is 63.8 Å². The molecule has 6 N–H and O–H groups in total. The molecule has 0 aliphatic heterocycles. The van der Waals surface area contributed by atoms with E-state index in [1.54, 1.807) is 30.5 Å². The average Bonchev–Trinajstić information content (AvgIpc) is 2.91. The second-order valence-corrected chi connectivity index (χ2v) is 20.5. The van der Waals surface area contributed by atoms with Crippen molar-refractivity contribution in [2.75, 3.05) is 7.05 Å². The van der Waals surface area contributed by atoms with Crippen LogP contribution in [0.15, 0.2) is 53.6 Å². The van der Waals surface area contributed by atoms with Crippen LogP contribution in [0.5, 0.6) is 11.5 Å². The number of hydrazone groups is 1. The summed E-state index contributed by atoms with van der Waals surface area (Å²) in [4.78, 5) is 10.9. The summed E-state index contributed by atoms with van der Waals surface area (Å²) in [7, 11) is 0.0647. The zero-order valence-electron chi connectivity index (χ0n) is 21.3. The molecular formula is C23H37N5O3P4S. The third-order valence-electron chi connectivity index (χ3n) is 5.88. The lowest BCUT2D eigenvalue weighted by Crippen LogP contribution is -2.31. The maximum absolute atomic E-state index is 10.9. The summed E-state index contributed by atoms with van der Waals surface area (Å²) in [5, 5.41) is 3.50. The minimum atomic E-state index is -1.62. The van der Waals surface area contributed by atoms with Gasteiger partial charge in [0.1, 0.15) is 28.5 Å². The number of hydrogen-bond acceptors (Lipinski definition) is 8. The number of aldehydes is 1. The van der Waals surface area contributed by atoms with Crippen LogP contribution < -0.4 is 26.0 Å². The fourth-order valence-electron chi connectivity index (χ4n) is 3.14. The molecule has 0 saturated carbocycles. The summed E-state index contributed by atoms with van der Waals surface area (Å²) in [5.74, 6) is 1.41. The van der Waals surface area contributed by atoms with Crippen LogP contribution in [0.1, 0.15) is 56.5 Å². The van der Waals surface area contributed by atoms with Crippen LogP contribution in [-0.4, -0.2) is 35.0 Å². The molecule has 0 spiro atoms. The maximum Gasteiger partial charge on any atom is 0.150 e. The second-order valence-electron chi connectivity index (χ2n) is 8.46. The zero-order valence-corrected chi connectivity index (χ0v) is 25.9. The van der Waals surface area contributed by atoms with Crippen LogP contribution in [0.25, 0.3) is 0 Å². The first kappa shape index (κ1) is 31.2. The number of nitrogens with two attached hydrogens (primary N) is 3. The molecule has 2 rings (SSSR count). The van der Waals surface area contributed by atoms with Gasteiger partial charge >= 0.3 is 0 Å². The summed E-state index contributed by atoms with van der Waals surface area (Å²) in [6.45, 7) is 6.48. The molecule has 198 valence electrons. The molecular weight excluding hydrogens is 550 g/mol. The average molecular weight is 588 g/mol. The van der Waals surface area contributed by atoms with Crippen molar-refractivity contribution in [3.05, 3.63) is 59.7 Å². The van der Waals surface area contributed by atoms with E-state index >= 15 is 0 Å². The number of hydrogen-bond donors (Lipinski definition) is 3. The number of ether oxygens (including phenoxy) is 2. The van der Waals surface area contributed by atoms with Crippen molar-refractivity contribution < 1.29 is 14.3 Å². The van der Waals surface area contributed by atoms with Crippen LogP contribution in [0.4, 0.5) is 0 Å². The van der Waals surface area contributed by atoms with Gasteiger partial charge in [0.15, 0.2) is 0 Å². The molecule has 0 aliphatic carbocycles. The molecule has 0 amide bonds. The third kappa shape index (κ3) is 8.25. The Hall–Kier alpha value is -1.000.